The third-order valence-corrected chi connectivity index (χ3v) is 10.6. The summed E-state index contributed by atoms with van der Waals surface area (Å²) < 4.78 is 13.2. The quantitative estimate of drug-likeness (QED) is 0.559. The smallest absolute Gasteiger partial charge is 0.166 e. The summed E-state index contributed by atoms with van der Waals surface area (Å²) in [4.78, 5) is 2.64. The lowest BCUT2D eigenvalue weighted by molar-refractivity contribution is -0.0908. The topological polar surface area (TPSA) is 41.9 Å². The number of rotatable bonds is 1. The molecule has 2 bridgehead atoms. The molecule has 4 aliphatic rings. The van der Waals surface area contributed by atoms with Crippen LogP contribution in [-0.2, 0) is 11.8 Å². The Balaban J connectivity index is 1.84. The van der Waals surface area contributed by atoms with Crippen molar-refractivity contribution in [1.82, 2.24) is 4.90 Å². The van der Waals surface area contributed by atoms with E-state index in [0.717, 1.165) is 35.4 Å². The summed E-state index contributed by atoms with van der Waals surface area (Å²) in [7, 11) is 3.90. The minimum atomic E-state index is -0.563. The third-order valence-electron chi connectivity index (χ3n) is 6.89. The number of likely N-dealkylation sites (tertiary alicyclic amines) is 1. The van der Waals surface area contributed by atoms with Gasteiger partial charge in [0.1, 0.15) is 12.2 Å². The summed E-state index contributed by atoms with van der Waals surface area (Å²) in [5.41, 5.74) is 2.45. The van der Waals surface area contributed by atoms with Crippen molar-refractivity contribution in [2.75, 3.05) is 20.7 Å². The van der Waals surface area contributed by atoms with Crippen LogP contribution in [0.15, 0.2) is 10.5 Å². The molecule has 0 amide bonds. The van der Waals surface area contributed by atoms with E-state index in [0.29, 0.717) is 12.0 Å². The standard InChI is InChI=1S/C18H20Br3NO3/c1-22-4-3-18-11-7-5-9(22)12(18)13(20)14(21)15(23)17(18)25-16(11)10(24-2)6-8(7)19/h6,9,12-15,17,23H,3-5H2,1-2H3/t9-,12+,13+,14-,15-,17-,18+/m0/s1. The number of ether oxygens (including phenoxy) is 2. The van der Waals surface area contributed by atoms with E-state index in [4.69, 9.17) is 9.47 Å². The zero-order valence-electron chi connectivity index (χ0n) is 14.0. The third kappa shape index (κ3) is 1.95. The lowest BCUT2D eigenvalue weighted by atomic mass is 9.51. The van der Waals surface area contributed by atoms with Gasteiger partial charge in [-0.05, 0) is 38.1 Å². The zero-order chi connectivity index (χ0) is 17.7. The first-order valence-corrected chi connectivity index (χ1v) is 11.3. The molecule has 2 fully saturated rings. The summed E-state index contributed by atoms with van der Waals surface area (Å²) in [5.74, 6) is 1.99. The number of halogens is 3. The number of alkyl halides is 2. The van der Waals surface area contributed by atoms with E-state index in [1.54, 1.807) is 7.11 Å². The van der Waals surface area contributed by atoms with Crippen molar-refractivity contribution in [2.24, 2.45) is 5.92 Å². The van der Waals surface area contributed by atoms with Gasteiger partial charge in [-0.3, -0.25) is 0 Å². The Labute approximate surface area is 172 Å². The Hall–Kier alpha value is 0.180. The number of likely N-dealkylation sites (N-methyl/N-ethyl adjacent to an activating group) is 1. The van der Waals surface area contributed by atoms with Crippen LogP contribution >= 0.6 is 47.8 Å². The molecule has 4 nitrogen and oxygen atoms in total. The maximum Gasteiger partial charge on any atom is 0.166 e. The molecule has 1 saturated heterocycles. The summed E-state index contributed by atoms with van der Waals surface area (Å²) in [6.45, 7) is 1.02. The van der Waals surface area contributed by atoms with Gasteiger partial charge in [-0.15, -0.1) is 0 Å². The van der Waals surface area contributed by atoms with Crippen LogP contribution in [0.4, 0.5) is 0 Å². The summed E-state index contributed by atoms with van der Waals surface area (Å²) in [5, 5.41) is 11.1. The summed E-state index contributed by atoms with van der Waals surface area (Å²) in [6.07, 6.45) is 1.19. The fourth-order valence-corrected chi connectivity index (χ4v) is 8.14. The van der Waals surface area contributed by atoms with Gasteiger partial charge in [-0.2, -0.15) is 0 Å². The zero-order valence-corrected chi connectivity index (χ0v) is 18.8. The van der Waals surface area contributed by atoms with Crippen molar-refractivity contribution < 1.29 is 14.6 Å². The van der Waals surface area contributed by atoms with Crippen LogP contribution in [0.3, 0.4) is 0 Å². The molecular formula is C18H20Br3NO3. The largest absolute Gasteiger partial charge is 0.493 e. The van der Waals surface area contributed by atoms with Crippen LogP contribution in [0, 0.1) is 5.92 Å². The normalized spacial score (nSPS) is 44.2. The number of hydrogen-bond acceptors (Lipinski definition) is 4. The number of hydrogen-bond donors (Lipinski definition) is 1. The van der Waals surface area contributed by atoms with E-state index in [9.17, 15) is 5.11 Å². The minimum absolute atomic E-state index is 0.0325. The second-order valence-electron chi connectivity index (χ2n) is 7.73. The number of piperidine rings is 1. The van der Waals surface area contributed by atoms with Gasteiger partial charge in [0, 0.05) is 32.2 Å². The molecule has 25 heavy (non-hydrogen) atoms. The monoisotopic (exact) mass is 535 g/mol. The molecule has 2 aliphatic heterocycles. The Morgan fingerprint density at radius 2 is 2.12 bits per heavy atom. The molecule has 1 N–H and O–H groups in total. The van der Waals surface area contributed by atoms with E-state index in [2.05, 4.69) is 59.7 Å². The highest BCUT2D eigenvalue weighted by Gasteiger charge is 2.69. The molecule has 1 aromatic rings. The van der Waals surface area contributed by atoms with E-state index >= 15 is 0 Å². The molecule has 0 unspecified atom stereocenters. The van der Waals surface area contributed by atoms with Gasteiger partial charge in [0.15, 0.2) is 11.5 Å². The second kappa shape index (κ2) is 5.60. The highest BCUT2D eigenvalue weighted by molar-refractivity contribution is 9.12. The van der Waals surface area contributed by atoms with E-state index in [1.165, 1.54) is 11.1 Å². The summed E-state index contributed by atoms with van der Waals surface area (Å²) in [6, 6.07) is 2.45. The number of nitrogens with zero attached hydrogens (tertiary/aromatic N) is 1. The average Bonchev–Trinajstić information content (AvgIpc) is 2.94. The van der Waals surface area contributed by atoms with Gasteiger partial charge in [-0.1, -0.05) is 47.8 Å². The van der Waals surface area contributed by atoms with Crippen LogP contribution in [-0.4, -0.2) is 58.6 Å². The van der Waals surface area contributed by atoms with Crippen LogP contribution in [0.2, 0.25) is 0 Å². The van der Waals surface area contributed by atoms with E-state index in [1.807, 2.05) is 6.07 Å². The van der Waals surface area contributed by atoms with Crippen molar-refractivity contribution in [2.45, 2.75) is 46.2 Å². The molecule has 1 aromatic carbocycles. The first-order chi connectivity index (χ1) is 11.9. The first kappa shape index (κ1) is 17.3. The lowest BCUT2D eigenvalue weighted by Crippen LogP contribution is -2.71. The molecule has 1 saturated carbocycles. The van der Waals surface area contributed by atoms with Crippen LogP contribution in [0.5, 0.6) is 11.5 Å². The molecule has 2 heterocycles. The maximum absolute atomic E-state index is 11.1. The van der Waals surface area contributed by atoms with Gasteiger partial charge in [-0.25, -0.2) is 0 Å². The SMILES string of the molecule is COc1cc(Br)c2c3c1O[C@H]1[C@@H](O)[C@@H](Br)[C@H](Br)[C@H]4[C@H](C2)N(C)CC[C@@]341. The Bertz CT molecular complexity index is 760. The lowest BCUT2D eigenvalue weighted by Gasteiger charge is -2.61. The molecule has 5 rings (SSSR count). The number of benzene rings is 1. The molecule has 0 radical (unpaired) electrons. The fourth-order valence-electron chi connectivity index (χ4n) is 5.83. The molecular weight excluding hydrogens is 518 g/mol. The van der Waals surface area contributed by atoms with Crippen LogP contribution in [0.1, 0.15) is 17.5 Å². The fraction of sp³-hybridized carbons (Fsp3) is 0.667. The van der Waals surface area contributed by atoms with Crippen molar-refractivity contribution in [3.05, 3.63) is 21.7 Å². The molecule has 136 valence electrons. The van der Waals surface area contributed by atoms with Crippen molar-refractivity contribution in [1.29, 1.82) is 0 Å². The predicted molar refractivity (Wildman–Crippen MR) is 106 cm³/mol. The van der Waals surface area contributed by atoms with Crippen LogP contribution in [0.25, 0.3) is 0 Å². The van der Waals surface area contributed by atoms with E-state index < -0.39 is 6.10 Å². The molecule has 7 atom stereocenters. The average molecular weight is 538 g/mol. The van der Waals surface area contributed by atoms with Crippen LogP contribution < -0.4 is 9.47 Å². The molecule has 1 spiro atoms. The Kier molecular flexibility index (Phi) is 3.87. The highest BCUT2D eigenvalue weighted by Crippen LogP contribution is 2.66. The van der Waals surface area contributed by atoms with Crippen molar-refractivity contribution in [3.8, 4) is 11.5 Å². The van der Waals surface area contributed by atoms with Crippen molar-refractivity contribution in [3.63, 3.8) is 0 Å². The van der Waals surface area contributed by atoms with Gasteiger partial charge in [0.2, 0.25) is 0 Å². The molecule has 7 heteroatoms. The number of aliphatic hydroxyl groups is 1. The van der Waals surface area contributed by atoms with Crippen molar-refractivity contribution >= 4 is 47.8 Å². The molecule has 2 aliphatic carbocycles. The Morgan fingerprint density at radius 3 is 2.84 bits per heavy atom. The summed E-state index contributed by atoms with van der Waals surface area (Å²) >= 11 is 11.5. The first-order valence-electron chi connectivity index (χ1n) is 8.64. The Morgan fingerprint density at radius 1 is 1.36 bits per heavy atom. The van der Waals surface area contributed by atoms with Gasteiger partial charge < -0.3 is 19.5 Å². The number of aliphatic hydroxyl groups excluding tert-OH is 1. The molecule has 0 aromatic heterocycles. The van der Waals surface area contributed by atoms with Gasteiger partial charge in [0.25, 0.3) is 0 Å². The highest BCUT2D eigenvalue weighted by atomic mass is 79.9. The predicted octanol–water partition coefficient (Wildman–Crippen LogP) is 3.23. The second-order valence-corrected chi connectivity index (χ2v) is 10.7. The number of methoxy groups -OCH3 is 1. The van der Waals surface area contributed by atoms with Gasteiger partial charge >= 0.3 is 0 Å². The van der Waals surface area contributed by atoms with Gasteiger partial charge in [0.05, 0.1) is 11.9 Å². The van der Waals surface area contributed by atoms with E-state index in [-0.39, 0.29) is 21.2 Å². The minimum Gasteiger partial charge on any atom is -0.493 e. The maximum atomic E-state index is 11.1.